The molecule has 25 heavy (non-hydrogen) atoms. The Balaban J connectivity index is 1.53. The number of amides is 1. The van der Waals surface area contributed by atoms with Crippen molar-refractivity contribution in [2.24, 2.45) is 0 Å². The second-order valence-electron chi connectivity index (χ2n) is 5.95. The summed E-state index contributed by atoms with van der Waals surface area (Å²) < 4.78 is 0. The zero-order valence-corrected chi connectivity index (χ0v) is 14.5. The summed E-state index contributed by atoms with van der Waals surface area (Å²) in [4.78, 5) is 16.7. The van der Waals surface area contributed by atoms with Crippen LogP contribution in [0.25, 0.3) is 0 Å². The number of nitrogens with one attached hydrogen (secondary N) is 1. The Bertz CT molecular complexity index is 780. The van der Waals surface area contributed by atoms with Gasteiger partial charge in [0, 0.05) is 36.9 Å². The highest BCUT2D eigenvalue weighted by molar-refractivity contribution is 6.31. The summed E-state index contributed by atoms with van der Waals surface area (Å²) in [5.41, 5.74) is 2.08. The third-order valence-corrected chi connectivity index (χ3v) is 4.47. The van der Waals surface area contributed by atoms with E-state index < -0.39 is 0 Å². The van der Waals surface area contributed by atoms with Gasteiger partial charge in [0.2, 0.25) is 5.91 Å². The normalized spacial score (nSPS) is 14.8. The number of nitrogens with zero attached hydrogens (tertiary/aromatic N) is 3. The fourth-order valence-electron chi connectivity index (χ4n) is 2.91. The lowest BCUT2D eigenvalue weighted by molar-refractivity contribution is -0.117. The molecule has 1 heterocycles. The molecule has 0 spiro atoms. The Kier molecular flexibility index (Phi) is 5.54. The molecule has 128 valence electrons. The number of hydrogen-bond acceptors (Lipinski definition) is 4. The van der Waals surface area contributed by atoms with Gasteiger partial charge in [-0.3, -0.25) is 9.69 Å². The quantitative estimate of drug-likeness (QED) is 0.917. The van der Waals surface area contributed by atoms with E-state index in [1.165, 1.54) is 5.69 Å². The number of nitriles is 1. The molecular formula is C19H19ClN4O. The molecule has 3 rings (SSSR count). The summed E-state index contributed by atoms with van der Waals surface area (Å²) in [6, 6.07) is 17.2. The lowest BCUT2D eigenvalue weighted by atomic mass is 10.2. The minimum Gasteiger partial charge on any atom is -0.369 e. The van der Waals surface area contributed by atoms with Crippen LogP contribution < -0.4 is 10.2 Å². The largest absolute Gasteiger partial charge is 0.369 e. The van der Waals surface area contributed by atoms with Crippen LogP contribution in [0.1, 0.15) is 5.56 Å². The fraction of sp³-hybridized carbons (Fsp3) is 0.263. The van der Waals surface area contributed by atoms with Gasteiger partial charge in [-0.05, 0) is 30.3 Å². The molecule has 0 aromatic heterocycles. The lowest BCUT2D eigenvalue weighted by Gasteiger charge is -2.35. The highest BCUT2D eigenvalue weighted by Gasteiger charge is 2.19. The van der Waals surface area contributed by atoms with Gasteiger partial charge in [-0.15, -0.1) is 0 Å². The third-order valence-electron chi connectivity index (χ3n) is 4.24. The van der Waals surface area contributed by atoms with Crippen molar-refractivity contribution in [3.05, 3.63) is 59.1 Å². The predicted molar refractivity (Wildman–Crippen MR) is 99.9 cm³/mol. The van der Waals surface area contributed by atoms with Crippen molar-refractivity contribution < 1.29 is 4.79 Å². The van der Waals surface area contributed by atoms with Crippen molar-refractivity contribution in [1.29, 1.82) is 5.26 Å². The van der Waals surface area contributed by atoms with Gasteiger partial charge in [0.15, 0.2) is 0 Å². The van der Waals surface area contributed by atoms with Crippen molar-refractivity contribution in [3.63, 3.8) is 0 Å². The molecule has 2 aromatic carbocycles. The lowest BCUT2D eigenvalue weighted by Crippen LogP contribution is -2.48. The van der Waals surface area contributed by atoms with Crippen molar-refractivity contribution in [1.82, 2.24) is 4.90 Å². The summed E-state index contributed by atoms with van der Waals surface area (Å²) in [6.45, 7) is 3.72. The van der Waals surface area contributed by atoms with Crippen molar-refractivity contribution >= 4 is 28.9 Å². The molecule has 6 heteroatoms. The van der Waals surface area contributed by atoms with Crippen LogP contribution in [-0.4, -0.2) is 43.5 Å². The van der Waals surface area contributed by atoms with Gasteiger partial charge in [0.1, 0.15) is 6.07 Å². The zero-order chi connectivity index (χ0) is 17.6. The molecule has 1 saturated heterocycles. The van der Waals surface area contributed by atoms with Crippen molar-refractivity contribution in [2.75, 3.05) is 42.9 Å². The molecule has 0 atom stereocenters. The number of carbonyl (C=O) groups excluding carboxylic acids is 1. The van der Waals surface area contributed by atoms with Gasteiger partial charge in [-0.1, -0.05) is 29.8 Å². The van der Waals surface area contributed by atoms with Gasteiger partial charge >= 0.3 is 0 Å². The van der Waals surface area contributed by atoms with Gasteiger partial charge in [0.05, 0.1) is 17.8 Å². The van der Waals surface area contributed by atoms with Crippen molar-refractivity contribution in [2.45, 2.75) is 0 Å². The topological polar surface area (TPSA) is 59.4 Å². The average Bonchev–Trinajstić information content (AvgIpc) is 2.63. The molecule has 0 saturated carbocycles. The van der Waals surface area contributed by atoms with E-state index in [0.29, 0.717) is 22.8 Å². The minimum atomic E-state index is -0.132. The second kappa shape index (κ2) is 8.02. The Hall–Kier alpha value is -2.55. The van der Waals surface area contributed by atoms with E-state index in [2.05, 4.69) is 33.3 Å². The SMILES string of the molecule is N#Cc1ccc(Cl)cc1NC(=O)CN1CCN(c2ccccc2)CC1. The Morgan fingerprint density at radius 1 is 1.12 bits per heavy atom. The maximum Gasteiger partial charge on any atom is 0.238 e. The molecule has 0 aliphatic carbocycles. The number of anilines is 2. The molecule has 1 aliphatic heterocycles. The smallest absolute Gasteiger partial charge is 0.238 e. The van der Waals surface area contributed by atoms with Gasteiger partial charge < -0.3 is 10.2 Å². The molecule has 1 amide bonds. The van der Waals surface area contributed by atoms with Crippen LogP contribution >= 0.6 is 11.6 Å². The molecule has 5 nitrogen and oxygen atoms in total. The van der Waals surface area contributed by atoms with E-state index >= 15 is 0 Å². The zero-order valence-electron chi connectivity index (χ0n) is 13.8. The molecule has 0 bridgehead atoms. The Labute approximate surface area is 152 Å². The first-order valence-electron chi connectivity index (χ1n) is 8.17. The van der Waals surface area contributed by atoms with E-state index in [9.17, 15) is 4.79 Å². The number of hydrogen-bond donors (Lipinski definition) is 1. The number of piperazine rings is 1. The summed E-state index contributed by atoms with van der Waals surface area (Å²) in [7, 11) is 0. The first kappa shape index (κ1) is 17.3. The van der Waals surface area contributed by atoms with Gasteiger partial charge in [-0.2, -0.15) is 5.26 Å². The number of benzene rings is 2. The molecule has 1 N–H and O–H groups in total. The number of para-hydroxylation sites is 1. The summed E-state index contributed by atoms with van der Waals surface area (Å²) in [5.74, 6) is -0.132. The van der Waals surface area contributed by atoms with Crippen LogP contribution in [0.3, 0.4) is 0 Å². The fourth-order valence-corrected chi connectivity index (χ4v) is 3.09. The summed E-state index contributed by atoms with van der Waals surface area (Å²) in [6.07, 6.45) is 0. The molecule has 2 aromatic rings. The van der Waals surface area contributed by atoms with E-state index in [-0.39, 0.29) is 5.91 Å². The summed E-state index contributed by atoms with van der Waals surface area (Å²) >= 11 is 5.95. The van der Waals surface area contributed by atoms with E-state index in [4.69, 9.17) is 16.9 Å². The molecule has 0 radical (unpaired) electrons. The second-order valence-corrected chi connectivity index (χ2v) is 6.39. The van der Waals surface area contributed by atoms with Gasteiger partial charge in [0.25, 0.3) is 0 Å². The van der Waals surface area contributed by atoms with Crippen LogP contribution in [0.4, 0.5) is 11.4 Å². The molecule has 1 aliphatic rings. The predicted octanol–water partition coefficient (Wildman–Crippen LogP) is 2.97. The highest BCUT2D eigenvalue weighted by Crippen LogP contribution is 2.20. The maximum absolute atomic E-state index is 12.3. The van der Waals surface area contributed by atoms with Crippen LogP contribution in [0, 0.1) is 11.3 Å². The van der Waals surface area contributed by atoms with E-state index in [1.807, 2.05) is 18.2 Å². The number of rotatable bonds is 4. The van der Waals surface area contributed by atoms with Crippen molar-refractivity contribution in [3.8, 4) is 6.07 Å². The van der Waals surface area contributed by atoms with Crippen LogP contribution in [-0.2, 0) is 4.79 Å². The average molecular weight is 355 g/mol. The van der Waals surface area contributed by atoms with Gasteiger partial charge in [-0.25, -0.2) is 0 Å². The standard InChI is InChI=1S/C19H19ClN4O/c20-16-7-6-15(13-21)18(12-16)22-19(25)14-23-8-10-24(11-9-23)17-4-2-1-3-5-17/h1-7,12H,8-11,14H2,(H,22,25). The highest BCUT2D eigenvalue weighted by atomic mass is 35.5. The number of carbonyl (C=O) groups is 1. The molecule has 1 fully saturated rings. The molecule has 0 unspecified atom stereocenters. The Morgan fingerprint density at radius 3 is 2.52 bits per heavy atom. The number of halogens is 1. The van der Waals surface area contributed by atoms with E-state index in [1.54, 1.807) is 18.2 Å². The van der Waals surface area contributed by atoms with Crippen LogP contribution in [0.5, 0.6) is 0 Å². The Morgan fingerprint density at radius 2 is 1.84 bits per heavy atom. The van der Waals surface area contributed by atoms with E-state index in [0.717, 1.165) is 26.2 Å². The summed E-state index contributed by atoms with van der Waals surface area (Å²) in [5, 5.41) is 12.4. The monoisotopic (exact) mass is 354 g/mol. The van der Waals surface area contributed by atoms with Crippen LogP contribution in [0.2, 0.25) is 5.02 Å². The first-order valence-corrected chi connectivity index (χ1v) is 8.55. The molecular weight excluding hydrogens is 336 g/mol. The minimum absolute atomic E-state index is 0.132. The maximum atomic E-state index is 12.3. The first-order chi connectivity index (χ1) is 12.2. The third kappa shape index (κ3) is 4.50. The van der Waals surface area contributed by atoms with Crippen LogP contribution in [0.15, 0.2) is 48.5 Å².